The van der Waals surface area contributed by atoms with Crippen LogP contribution in [0.3, 0.4) is 0 Å². The Kier molecular flexibility index (Phi) is 3.42. The van der Waals surface area contributed by atoms with Gasteiger partial charge < -0.3 is 9.63 Å². The summed E-state index contributed by atoms with van der Waals surface area (Å²) in [6.07, 6.45) is 0. The number of halogens is 2. The summed E-state index contributed by atoms with van der Waals surface area (Å²) >= 11 is 0. The average molecular weight is 301 g/mol. The van der Waals surface area contributed by atoms with Crippen molar-refractivity contribution in [2.75, 3.05) is 0 Å². The molecule has 1 N–H and O–H groups in total. The number of carboxylic acids is 1. The van der Waals surface area contributed by atoms with Crippen LogP contribution < -0.4 is 0 Å². The molecule has 4 nitrogen and oxygen atoms in total. The topological polar surface area (TPSA) is 63.3 Å². The first-order chi connectivity index (χ1) is 10.5. The predicted molar refractivity (Wildman–Crippen MR) is 74.3 cm³/mol. The SMILES string of the molecule is O=C(O)c1cc(-c2cc(-c3ccc(F)cc3)ccc2F)on1. The first kappa shape index (κ1) is 13.9. The highest BCUT2D eigenvalue weighted by Crippen LogP contribution is 2.29. The first-order valence-electron chi connectivity index (χ1n) is 6.30. The van der Waals surface area contributed by atoms with Crippen molar-refractivity contribution < 1.29 is 23.2 Å². The van der Waals surface area contributed by atoms with E-state index in [0.717, 1.165) is 6.07 Å². The monoisotopic (exact) mass is 301 g/mol. The summed E-state index contributed by atoms with van der Waals surface area (Å²) in [6, 6.07) is 11.1. The molecule has 6 heteroatoms. The van der Waals surface area contributed by atoms with Crippen LogP contribution in [-0.2, 0) is 0 Å². The molecule has 3 rings (SSSR count). The van der Waals surface area contributed by atoms with E-state index in [1.165, 1.54) is 24.3 Å². The first-order valence-corrected chi connectivity index (χ1v) is 6.30. The summed E-state index contributed by atoms with van der Waals surface area (Å²) in [4.78, 5) is 10.8. The molecule has 0 atom stereocenters. The fourth-order valence-electron chi connectivity index (χ4n) is 2.04. The Morgan fingerprint density at radius 2 is 1.68 bits per heavy atom. The summed E-state index contributed by atoms with van der Waals surface area (Å²) in [5.74, 6) is -2.18. The van der Waals surface area contributed by atoms with Crippen LogP contribution in [0.4, 0.5) is 8.78 Å². The zero-order valence-corrected chi connectivity index (χ0v) is 11.1. The molecule has 0 unspecified atom stereocenters. The minimum Gasteiger partial charge on any atom is -0.476 e. The van der Waals surface area contributed by atoms with Gasteiger partial charge in [0.1, 0.15) is 11.6 Å². The molecule has 2 aromatic carbocycles. The van der Waals surface area contributed by atoms with Gasteiger partial charge in [0.05, 0.1) is 5.56 Å². The van der Waals surface area contributed by atoms with Crippen LogP contribution in [0, 0.1) is 11.6 Å². The molecule has 1 aromatic heterocycles. The van der Waals surface area contributed by atoms with Crippen molar-refractivity contribution >= 4 is 5.97 Å². The summed E-state index contributed by atoms with van der Waals surface area (Å²) in [5.41, 5.74) is 1.12. The summed E-state index contributed by atoms with van der Waals surface area (Å²) < 4.78 is 31.8. The zero-order chi connectivity index (χ0) is 15.7. The van der Waals surface area contributed by atoms with E-state index in [1.54, 1.807) is 18.2 Å². The van der Waals surface area contributed by atoms with Gasteiger partial charge in [0.25, 0.3) is 0 Å². The van der Waals surface area contributed by atoms with Gasteiger partial charge in [-0.2, -0.15) is 0 Å². The molecule has 0 bridgehead atoms. The number of hydrogen-bond acceptors (Lipinski definition) is 3. The van der Waals surface area contributed by atoms with E-state index >= 15 is 0 Å². The maximum absolute atomic E-state index is 14.0. The van der Waals surface area contributed by atoms with Crippen molar-refractivity contribution in [1.82, 2.24) is 5.16 Å². The number of nitrogens with zero attached hydrogens (tertiary/aromatic N) is 1. The minimum absolute atomic E-state index is 0.0128. The Morgan fingerprint density at radius 3 is 2.32 bits per heavy atom. The number of rotatable bonds is 3. The van der Waals surface area contributed by atoms with Gasteiger partial charge in [0.2, 0.25) is 0 Å². The van der Waals surface area contributed by atoms with E-state index in [9.17, 15) is 13.6 Å². The van der Waals surface area contributed by atoms with Crippen molar-refractivity contribution in [2.45, 2.75) is 0 Å². The largest absolute Gasteiger partial charge is 0.476 e. The molecular weight excluding hydrogens is 292 g/mol. The number of hydrogen-bond donors (Lipinski definition) is 1. The van der Waals surface area contributed by atoms with Crippen molar-refractivity contribution in [3.63, 3.8) is 0 Å². The van der Waals surface area contributed by atoms with Crippen molar-refractivity contribution in [3.8, 4) is 22.5 Å². The fraction of sp³-hybridized carbons (Fsp3) is 0. The van der Waals surface area contributed by atoms with Crippen LogP contribution in [0.5, 0.6) is 0 Å². The van der Waals surface area contributed by atoms with Crippen molar-refractivity contribution in [1.29, 1.82) is 0 Å². The van der Waals surface area contributed by atoms with Crippen LogP contribution in [0.1, 0.15) is 10.5 Å². The quantitative estimate of drug-likeness (QED) is 0.794. The van der Waals surface area contributed by atoms with E-state index in [-0.39, 0.29) is 22.8 Å². The van der Waals surface area contributed by atoms with E-state index in [1.807, 2.05) is 0 Å². The number of carboxylic acid groups (broad SMARTS) is 1. The lowest BCUT2D eigenvalue weighted by molar-refractivity contribution is 0.0686. The third-order valence-corrected chi connectivity index (χ3v) is 3.14. The normalized spacial score (nSPS) is 10.6. The van der Waals surface area contributed by atoms with Gasteiger partial charge in [-0.1, -0.05) is 23.4 Å². The highest BCUT2D eigenvalue weighted by molar-refractivity contribution is 5.86. The molecule has 0 amide bonds. The van der Waals surface area contributed by atoms with Crippen molar-refractivity contribution in [3.05, 3.63) is 65.9 Å². The lowest BCUT2D eigenvalue weighted by Crippen LogP contribution is -1.94. The van der Waals surface area contributed by atoms with Gasteiger partial charge in [-0.25, -0.2) is 13.6 Å². The minimum atomic E-state index is -1.26. The Bertz CT molecular complexity index is 841. The number of benzene rings is 2. The van der Waals surface area contributed by atoms with Gasteiger partial charge in [0.15, 0.2) is 11.5 Å². The second-order valence-corrected chi connectivity index (χ2v) is 4.58. The van der Waals surface area contributed by atoms with Gasteiger partial charge in [0, 0.05) is 6.07 Å². The standard InChI is InChI=1S/C16H9F2NO3/c17-11-4-1-9(2-5-11)10-3-6-13(18)12(7-10)15-8-14(16(20)21)19-22-15/h1-8H,(H,20,21). The molecule has 0 aliphatic rings. The van der Waals surface area contributed by atoms with E-state index in [2.05, 4.69) is 5.16 Å². The highest BCUT2D eigenvalue weighted by Gasteiger charge is 2.16. The Labute approximate surface area is 123 Å². The summed E-state index contributed by atoms with van der Waals surface area (Å²) in [5, 5.41) is 12.2. The van der Waals surface area contributed by atoms with E-state index < -0.39 is 11.8 Å². The fourth-order valence-corrected chi connectivity index (χ4v) is 2.04. The van der Waals surface area contributed by atoms with Gasteiger partial charge in [-0.15, -0.1) is 0 Å². The van der Waals surface area contributed by atoms with E-state index in [0.29, 0.717) is 11.1 Å². The molecule has 0 spiro atoms. The Hall–Kier alpha value is -3.02. The van der Waals surface area contributed by atoms with Gasteiger partial charge >= 0.3 is 5.97 Å². The van der Waals surface area contributed by atoms with Gasteiger partial charge in [-0.05, 0) is 35.4 Å². The molecule has 0 saturated carbocycles. The predicted octanol–water partition coefficient (Wildman–Crippen LogP) is 3.99. The summed E-state index contributed by atoms with van der Waals surface area (Å²) in [6.45, 7) is 0. The lowest BCUT2D eigenvalue weighted by Gasteiger charge is -2.05. The molecule has 22 heavy (non-hydrogen) atoms. The maximum Gasteiger partial charge on any atom is 0.358 e. The molecule has 0 fully saturated rings. The second kappa shape index (κ2) is 5.40. The number of aromatic carboxylic acids is 1. The average Bonchev–Trinajstić information content (AvgIpc) is 2.99. The molecule has 0 saturated heterocycles. The third-order valence-electron chi connectivity index (χ3n) is 3.14. The highest BCUT2D eigenvalue weighted by atomic mass is 19.1. The zero-order valence-electron chi connectivity index (χ0n) is 11.1. The molecule has 110 valence electrons. The van der Waals surface area contributed by atoms with Crippen LogP contribution in [0.2, 0.25) is 0 Å². The van der Waals surface area contributed by atoms with Crippen LogP contribution in [0.25, 0.3) is 22.5 Å². The van der Waals surface area contributed by atoms with Crippen LogP contribution in [0.15, 0.2) is 53.1 Å². The molecule has 1 heterocycles. The van der Waals surface area contributed by atoms with Crippen LogP contribution >= 0.6 is 0 Å². The number of carbonyl (C=O) groups is 1. The molecule has 0 aliphatic carbocycles. The Balaban J connectivity index is 2.06. The third kappa shape index (κ3) is 2.58. The molecule has 0 radical (unpaired) electrons. The van der Waals surface area contributed by atoms with E-state index in [4.69, 9.17) is 9.63 Å². The Morgan fingerprint density at radius 1 is 1.00 bits per heavy atom. The second-order valence-electron chi connectivity index (χ2n) is 4.58. The van der Waals surface area contributed by atoms with Crippen molar-refractivity contribution in [2.24, 2.45) is 0 Å². The molecule has 3 aromatic rings. The molecular formula is C16H9F2NO3. The smallest absolute Gasteiger partial charge is 0.358 e. The van der Waals surface area contributed by atoms with Gasteiger partial charge in [-0.3, -0.25) is 0 Å². The maximum atomic E-state index is 14.0. The summed E-state index contributed by atoms with van der Waals surface area (Å²) in [7, 11) is 0. The number of aromatic nitrogens is 1. The molecule has 0 aliphatic heterocycles. The lowest BCUT2D eigenvalue weighted by atomic mass is 10.0. The van der Waals surface area contributed by atoms with Crippen LogP contribution in [-0.4, -0.2) is 16.2 Å².